The Bertz CT molecular complexity index is 941. The summed E-state index contributed by atoms with van der Waals surface area (Å²) in [4.78, 5) is 16.1. The van der Waals surface area contributed by atoms with Crippen molar-refractivity contribution in [1.82, 2.24) is 10.4 Å². The van der Waals surface area contributed by atoms with E-state index in [0.717, 1.165) is 16.5 Å². The Morgan fingerprint density at radius 2 is 2.00 bits per heavy atom. The number of pyridine rings is 1. The zero-order chi connectivity index (χ0) is 17.6. The number of fused-ring (bicyclic) bond motifs is 1. The van der Waals surface area contributed by atoms with Crippen LogP contribution in [0.5, 0.6) is 5.75 Å². The lowest BCUT2D eigenvalue weighted by molar-refractivity contribution is -0.123. The van der Waals surface area contributed by atoms with Crippen LogP contribution in [0.4, 0.5) is 0 Å². The van der Waals surface area contributed by atoms with Crippen molar-refractivity contribution in [1.29, 1.82) is 0 Å². The molecular weight excluding hydrogens is 338 g/mol. The summed E-state index contributed by atoms with van der Waals surface area (Å²) in [6.07, 6.45) is 1.47. The van der Waals surface area contributed by atoms with Gasteiger partial charge in [-0.3, -0.25) is 4.79 Å². The van der Waals surface area contributed by atoms with Crippen molar-refractivity contribution in [3.05, 3.63) is 70.9 Å². The molecule has 1 heterocycles. The number of aryl methyl sites for hydroxylation is 1. The number of nitrogens with zero attached hydrogens (tertiary/aromatic N) is 2. The van der Waals surface area contributed by atoms with Gasteiger partial charge in [0, 0.05) is 10.9 Å². The van der Waals surface area contributed by atoms with Gasteiger partial charge in [0.15, 0.2) is 6.61 Å². The maximum absolute atomic E-state index is 11.8. The molecule has 0 saturated heterocycles. The molecule has 0 aliphatic heterocycles. The van der Waals surface area contributed by atoms with Gasteiger partial charge >= 0.3 is 0 Å². The van der Waals surface area contributed by atoms with Gasteiger partial charge in [-0.05, 0) is 30.7 Å². The number of aromatic nitrogens is 1. The summed E-state index contributed by atoms with van der Waals surface area (Å²) in [6.45, 7) is 1.80. The topological polar surface area (TPSA) is 63.6 Å². The molecule has 126 valence electrons. The molecule has 6 heteroatoms. The number of carbonyl (C=O) groups excluding carboxylic acids is 1. The van der Waals surface area contributed by atoms with Crippen LogP contribution in [-0.4, -0.2) is 23.7 Å². The van der Waals surface area contributed by atoms with Crippen LogP contribution in [-0.2, 0) is 4.79 Å². The third kappa shape index (κ3) is 4.33. The first kappa shape index (κ1) is 16.9. The third-order valence-electron chi connectivity index (χ3n) is 3.55. The van der Waals surface area contributed by atoms with E-state index in [1.165, 1.54) is 6.21 Å². The van der Waals surface area contributed by atoms with E-state index in [4.69, 9.17) is 16.3 Å². The van der Waals surface area contributed by atoms with E-state index in [0.29, 0.717) is 16.5 Å². The Kier molecular flexibility index (Phi) is 5.26. The summed E-state index contributed by atoms with van der Waals surface area (Å²) in [5.41, 5.74) is 4.81. The maximum atomic E-state index is 11.8. The minimum Gasteiger partial charge on any atom is -0.483 e. The molecule has 2 aromatic carbocycles. The van der Waals surface area contributed by atoms with E-state index in [1.807, 2.05) is 61.5 Å². The molecule has 1 N–H and O–H groups in total. The van der Waals surface area contributed by atoms with Crippen LogP contribution >= 0.6 is 11.6 Å². The summed E-state index contributed by atoms with van der Waals surface area (Å²) in [5, 5.41) is 5.19. The van der Waals surface area contributed by atoms with Gasteiger partial charge in [0.25, 0.3) is 5.91 Å². The lowest BCUT2D eigenvalue weighted by Gasteiger charge is -2.07. The van der Waals surface area contributed by atoms with Crippen LogP contribution < -0.4 is 10.2 Å². The summed E-state index contributed by atoms with van der Waals surface area (Å²) in [7, 11) is 0. The van der Waals surface area contributed by atoms with E-state index >= 15 is 0 Å². The maximum Gasteiger partial charge on any atom is 0.277 e. The van der Waals surface area contributed by atoms with Gasteiger partial charge in [0.2, 0.25) is 0 Å². The van der Waals surface area contributed by atoms with Crippen LogP contribution in [0.25, 0.3) is 10.9 Å². The van der Waals surface area contributed by atoms with Crippen molar-refractivity contribution in [2.24, 2.45) is 5.10 Å². The number of amides is 1. The SMILES string of the molecule is Cc1ccccc1OCC(=O)N/N=C/c1cc2ccccc2nc1Cl. The highest BCUT2D eigenvalue weighted by Gasteiger charge is 2.05. The molecule has 5 nitrogen and oxygen atoms in total. The molecule has 0 fully saturated rings. The number of halogens is 1. The number of nitrogens with one attached hydrogen (secondary N) is 1. The Hall–Kier alpha value is -2.92. The lowest BCUT2D eigenvalue weighted by Crippen LogP contribution is -2.24. The fourth-order valence-electron chi connectivity index (χ4n) is 2.27. The summed E-state index contributed by atoms with van der Waals surface area (Å²) < 4.78 is 5.46. The zero-order valence-corrected chi connectivity index (χ0v) is 14.3. The molecule has 0 unspecified atom stereocenters. The van der Waals surface area contributed by atoms with Crippen molar-refractivity contribution in [2.75, 3.05) is 6.61 Å². The number of benzene rings is 2. The first-order valence-corrected chi connectivity index (χ1v) is 8.07. The van der Waals surface area contributed by atoms with Gasteiger partial charge in [-0.15, -0.1) is 0 Å². The molecule has 3 rings (SSSR count). The normalized spacial score (nSPS) is 11.0. The lowest BCUT2D eigenvalue weighted by atomic mass is 10.2. The van der Waals surface area contributed by atoms with Crippen molar-refractivity contribution in [3.8, 4) is 5.75 Å². The number of hydrogen-bond acceptors (Lipinski definition) is 4. The fourth-order valence-corrected chi connectivity index (χ4v) is 2.46. The number of carbonyl (C=O) groups is 1. The predicted molar refractivity (Wildman–Crippen MR) is 99.2 cm³/mol. The van der Waals surface area contributed by atoms with E-state index in [2.05, 4.69) is 15.5 Å². The van der Waals surface area contributed by atoms with Crippen LogP contribution in [0.1, 0.15) is 11.1 Å². The van der Waals surface area contributed by atoms with Crippen LogP contribution in [0.3, 0.4) is 0 Å². The van der Waals surface area contributed by atoms with Gasteiger partial charge in [-0.1, -0.05) is 48.0 Å². The molecule has 0 aliphatic rings. The van der Waals surface area contributed by atoms with Crippen LogP contribution in [0, 0.1) is 6.92 Å². The van der Waals surface area contributed by atoms with E-state index in [-0.39, 0.29) is 12.5 Å². The Balaban J connectivity index is 1.60. The van der Waals surface area contributed by atoms with Gasteiger partial charge in [0.05, 0.1) is 11.7 Å². The molecule has 0 aliphatic carbocycles. The monoisotopic (exact) mass is 353 g/mol. The fraction of sp³-hybridized carbons (Fsp3) is 0.105. The van der Waals surface area contributed by atoms with Crippen LogP contribution in [0.15, 0.2) is 59.7 Å². The molecule has 0 atom stereocenters. The summed E-state index contributed by atoms with van der Waals surface area (Å²) in [5.74, 6) is 0.313. The molecule has 1 aromatic heterocycles. The van der Waals surface area contributed by atoms with Crippen molar-refractivity contribution in [3.63, 3.8) is 0 Å². The van der Waals surface area contributed by atoms with Crippen molar-refractivity contribution in [2.45, 2.75) is 6.92 Å². The highest BCUT2D eigenvalue weighted by atomic mass is 35.5. The smallest absolute Gasteiger partial charge is 0.277 e. The number of hydrogen-bond donors (Lipinski definition) is 1. The van der Waals surface area contributed by atoms with E-state index < -0.39 is 0 Å². The average molecular weight is 354 g/mol. The molecule has 0 spiro atoms. The molecule has 3 aromatic rings. The number of ether oxygens (including phenoxy) is 1. The minimum atomic E-state index is -0.357. The van der Waals surface area contributed by atoms with Crippen molar-refractivity contribution < 1.29 is 9.53 Å². The van der Waals surface area contributed by atoms with Gasteiger partial charge in [0.1, 0.15) is 10.9 Å². The van der Waals surface area contributed by atoms with Crippen molar-refractivity contribution >= 4 is 34.6 Å². The molecule has 0 bridgehead atoms. The first-order valence-electron chi connectivity index (χ1n) is 7.69. The van der Waals surface area contributed by atoms with Gasteiger partial charge < -0.3 is 4.74 Å². The zero-order valence-electron chi connectivity index (χ0n) is 13.6. The number of hydrazone groups is 1. The molecular formula is C19H16ClN3O2. The Morgan fingerprint density at radius 3 is 2.84 bits per heavy atom. The third-order valence-corrected chi connectivity index (χ3v) is 3.85. The van der Waals surface area contributed by atoms with Gasteiger partial charge in [-0.25, -0.2) is 10.4 Å². The second-order valence-corrected chi connectivity index (χ2v) is 5.77. The highest BCUT2D eigenvalue weighted by Crippen LogP contribution is 2.19. The largest absolute Gasteiger partial charge is 0.483 e. The van der Waals surface area contributed by atoms with Crippen LogP contribution in [0.2, 0.25) is 5.15 Å². The quantitative estimate of drug-likeness (QED) is 0.432. The Morgan fingerprint density at radius 1 is 1.24 bits per heavy atom. The minimum absolute atomic E-state index is 0.119. The van der Waals surface area contributed by atoms with Gasteiger partial charge in [-0.2, -0.15) is 5.10 Å². The van der Waals surface area contributed by atoms with E-state index in [9.17, 15) is 4.79 Å². The molecule has 0 radical (unpaired) electrons. The standard InChI is InChI=1S/C19H16ClN3O2/c1-13-6-2-5-9-17(13)25-12-18(24)23-21-11-15-10-14-7-3-4-8-16(14)22-19(15)20/h2-11H,12H2,1H3,(H,23,24)/b21-11+. The molecule has 1 amide bonds. The van der Waals surface area contributed by atoms with E-state index in [1.54, 1.807) is 0 Å². The summed E-state index contributed by atoms with van der Waals surface area (Å²) >= 11 is 6.14. The molecule has 0 saturated carbocycles. The second-order valence-electron chi connectivity index (χ2n) is 5.41. The second kappa shape index (κ2) is 7.77. The predicted octanol–water partition coefficient (Wildman–Crippen LogP) is 3.73. The first-order chi connectivity index (χ1) is 12.1. The Labute approximate surface area is 150 Å². The number of rotatable bonds is 5. The summed E-state index contributed by atoms with van der Waals surface area (Å²) in [6, 6.07) is 17.0. The molecule has 25 heavy (non-hydrogen) atoms. The highest BCUT2D eigenvalue weighted by molar-refractivity contribution is 6.32. The number of para-hydroxylation sites is 2. The average Bonchev–Trinajstić information content (AvgIpc) is 2.61.